The average Bonchev–Trinajstić information content (AvgIpc) is 2.59. The Bertz CT molecular complexity index is 351. The number of carbonyl (C=O) groups is 1. The van der Waals surface area contributed by atoms with Crippen LogP contribution < -0.4 is 0 Å². The number of aliphatic carboxylic acids is 1. The smallest absolute Gasteiger partial charge is 0.304 e. The van der Waals surface area contributed by atoms with E-state index in [-0.39, 0.29) is 12.5 Å². The zero-order valence-electron chi connectivity index (χ0n) is 9.80. The van der Waals surface area contributed by atoms with E-state index in [0.29, 0.717) is 18.3 Å². The van der Waals surface area contributed by atoms with Gasteiger partial charge in [-0.05, 0) is 20.4 Å². The third-order valence-corrected chi connectivity index (χ3v) is 2.41. The van der Waals surface area contributed by atoms with Crippen molar-refractivity contribution in [1.29, 1.82) is 0 Å². The van der Waals surface area contributed by atoms with E-state index in [4.69, 9.17) is 9.63 Å². The first-order valence-electron chi connectivity index (χ1n) is 5.28. The average molecular weight is 227 g/mol. The molecule has 0 saturated heterocycles. The van der Waals surface area contributed by atoms with Gasteiger partial charge in [0.15, 0.2) is 5.82 Å². The fourth-order valence-corrected chi connectivity index (χ4v) is 1.54. The molecular weight excluding hydrogens is 210 g/mol. The van der Waals surface area contributed by atoms with Crippen LogP contribution in [0.4, 0.5) is 0 Å². The zero-order valence-corrected chi connectivity index (χ0v) is 9.80. The highest BCUT2D eigenvalue weighted by Gasteiger charge is 2.17. The van der Waals surface area contributed by atoms with Crippen LogP contribution in [-0.2, 0) is 11.3 Å². The molecule has 1 unspecified atom stereocenters. The van der Waals surface area contributed by atoms with Crippen LogP contribution in [0.5, 0.6) is 0 Å². The molecule has 16 heavy (non-hydrogen) atoms. The molecule has 1 aromatic heterocycles. The quantitative estimate of drug-likeness (QED) is 0.782. The molecule has 6 nitrogen and oxygen atoms in total. The van der Waals surface area contributed by atoms with Gasteiger partial charge in [0.1, 0.15) is 0 Å². The summed E-state index contributed by atoms with van der Waals surface area (Å²) in [7, 11) is 0. The van der Waals surface area contributed by atoms with Crippen molar-refractivity contribution in [3.8, 4) is 0 Å². The van der Waals surface area contributed by atoms with Crippen LogP contribution in [0.25, 0.3) is 0 Å². The Kier molecular flexibility index (Phi) is 4.42. The van der Waals surface area contributed by atoms with Crippen molar-refractivity contribution in [2.24, 2.45) is 0 Å². The topological polar surface area (TPSA) is 79.5 Å². The van der Waals surface area contributed by atoms with Crippen molar-refractivity contribution in [2.75, 3.05) is 6.54 Å². The lowest BCUT2D eigenvalue weighted by Gasteiger charge is -2.24. The summed E-state index contributed by atoms with van der Waals surface area (Å²) < 4.78 is 5.00. The summed E-state index contributed by atoms with van der Waals surface area (Å²) in [6.07, 6.45) is 0.112. The molecule has 0 amide bonds. The maximum atomic E-state index is 10.6. The van der Waals surface area contributed by atoms with Crippen LogP contribution in [0.1, 0.15) is 32.0 Å². The van der Waals surface area contributed by atoms with E-state index in [2.05, 4.69) is 10.1 Å². The standard InChI is InChI=1S/C10H17N3O3/c1-4-13(7(2)5-10(14)15)6-9-11-8(3)12-16-9/h7H,4-6H2,1-3H3,(H,14,15). The number of carboxylic acids is 1. The van der Waals surface area contributed by atoms with Gasteiger partial charge in [0.25, 0.3) is 0 Å². The molecule has 0 fully saturated rings. The maximum Gasteiger partial charge on any atom is 0.304 e. The van der Waals surface area contributed by atoms with Gasteiger partial charge in [-0.1, -0.05) is 12.1 Å². The van der Waals surface area contributed by atoms with E-state index >= 15 is 0 Å². The SMILES string of the molecule is CCN(Cc1nc(C)no1)C(C)CC(=O)O. The monoisotopic (exact) mass is 227 g/mol. The van der Waals surface area contributed by atoms with Gasteiger partial charge in [-0.15, -0.1) is 0 Å². The minimum Gasteiger partial charge on any atom is -0.481 e. The lowest BCUT2D eigenvalue weighted by Crippen LogP contribution is -2.34. The highest BCUT2D eigenvalue weighted by molar-refractivity contribution is 5.67. The normalized spacial score (nSPS) is 13.0. The molecule has 6 heteroatoms. The van der Waals surface area contributed by atoms with Gasteiger partial charge >= 0.3 is 5.97 Å². The van der Waals surface area contributed by atoms with E-state index in [9.17, 15) is 4.79 Å². The highest BCUT2D eigenvalue weighted by atomic mass is 16.5. The number of aromatic nitrogens is 2. The van der Waals surface area contributed by atoms with E-state index in [1.807, 2.05) is 18.7 Å². The van der Waals surface area contributed by atoms with Crippen molar-refractivity contribution in [3.05, 3.63) is 11.7 Å². The van der Waals surface area contributed by atoms with E-state index in [0.717, 1.165) is 6.54 Å². The first kappa shape index (κ1) is 12.6. The number of nitrogens with zero attached hydrogens (tertiary/aromatic N) is 3. The van der Waals surface area contributed by atoms with Crippen molar-refractivity contribution in [3.63, 3.8) is 0 Å². The summed E-state index contributed by atoms with van der Waals surface area (Å²) in [5.41, 5.74) is 0. The molecule has 0 radical (unpaired) electrons. The molecule has 0 spiro atoms. The van der Waals surface area contributed by atoms with Crippen LogP contribution in [0.2, 0.25) is 0 Å². The Labute approximate surface area is 94.3 Å². The number of hydrogen-bond acceptors (Lipinski definition) is 5. The second-order valence-corrected chi connectivity index (χ2v) is 3.75. The molecule has 0 aliphatic rings. The maximum absolute atomic E-state index is 10.6. The summed E-state index contributed by atoms with van der Waals surface area (Å²) in [6, 6.07) is -0.0466. The second-order valence-electron chi connectivity index (χ2n) is 3.75. The molecule has 0 aromatic carbocycles. The Hall–Kier alpha value is -1.43. The van der Waals surface area contributed by atoms with Crippen molar-refractivity contribution in [1.82, 2.24) is 15.0 Å². The second kappa shape index (κ2) is 5.60. The fraction of sp³-hybridized carbons (Fsp3) is 0.700. The van der Waals surface area contributed by atoms with Gasteiger partial charge in [0.2, 0.25) is 5.89 Å². The van der Waals surface area contributed by atoms with Crippen molar-refractivity contribution >= 4 is 5.97 Å². The predicted molar refractivity (Wildman–Crippen MR) is 56.8 cm³/mol. The summed E-state index contributed by atoms with van der Waals surface area (Å²) in [5, 5.41) is 12.4. The number of carboxylic acid groups (broad SMARTS) is 1. The number of rotatable bonds is 6. The molecule has 1 heterocycles. The molecule has 0 bridgehead atoms. The minimum absolute atomic E-state index is 0.0466. The van der Waals surface area contributed by atoms with Crippen LogP contribution in [-0.4, -0.2) is 38.7 Å². The molecule has 0 aliphatic heterocycles. The van der Waals surface area contributed by atoms with Crippen molar-refractivity contribution in [2.45, 2.75) is 39.8 Å². The van der Waals surface area contributed by atoms with Gasteiger partial charge in [0, 0.05) is 6.04 Å². The zero-order chi connectivity index (χ0) is 12.1. The fourth-order valence-electron chi connectivity index (χ4n) is 1.54. The molecule has 1 aromatic rings. The molecule has 1 N–H and O–H groups in total. The van der Waals surface area contributed by atoms with E-state index in [1.54, 1.807) is 6.92 Å². The lowest BCUT2D eigenvalue weighted by atomic mass is 10.2. The van der Waals surface area contributed by atoms with Gasteiger partial charge in [-0.25, -0.2) is 0 Å². The molecule has 0 aliphatic carbocycles. The third kappa shape index (κ3) is 3.62. The Morgan fingerprint density at radius 2 is 2.31 bits per heavy atom. The first-order valence-corrected chi connectivity index (χ1v) is 5.28. The predicted octanol–water partition coefficient (Wildman–Crippen LogP) is 1.06. The van der Waals surface area contributed by atoms with Gasteiger partial charge in [-0.2, -0.15) is 4.98 Å². The minimum atomic E-state index is -0.798. The summed E-state index contributed by atoms with van der Waals surface area (Å²) in [6.45, 7) is 6.84. The third-order valence-electron chi connectivity index (χ3n) is 2.41. The largest absolute Gasteiger partial charge is 0.481 e. The Morgan fingerprint density at radius 3 is 2.75 bits per heavy atom. The van der Waals surface area contributed by atoms with Crippen LogP contribution in [0.15, 0.2) is 4.52 Å². The van der Waals surface area contributed by atoms with Crippen LogP contribution >= 0.6 is 0 Å². The number of hydrogen-bond donors (Lipinski definition) is 1. The van der Waals surface area contributed by atoms with Crippen molar-refractivity contribution < 1.29 is 14.4 Å². The number of aryl methyl sites for hydroxylation is 1. The van der Waals surface area contributed by atoms with E-state index in [1.165, 1.54) is 0 Å². The molecular formula is C10H17N3O3. The molecule has 90 valence electrons. The Morgan fingerprint density at radius 1 is 1.62 bits per heavy atom. The molecule has 0 saturated carbocycles. The van der Waals surface area contributed by atoms with E-state index < -0.39 is 5.97 Å². The summed E-state index contributed by atoms with van der Waals surface area (Å²) in [4.78, 5) is 16.7. The first-order chi connectivity index (χ1) is 7.52. The van der Waals surface area contributed by atoms with Gasteiger partial charge in [0.05, 0.1) is 13.0 Å². The molecule has 1 rings (SSSR count). The van der Waals surface area contributed by atoms with Gasteiger partial charge < -0.3 is 9.63 Å². The van der Waals surface area contributed by atoms with Gasteiger partial charge in [-0.3, -0.25) is 9.69 Å². The summed E-state index contributed by atoms with van der Waals surface area (Å²) >= 11 is 0. The Balaban J connectivity index is 2.57. The summed E-state index contributed by atoms with van der Waals surface area (Å²) in [5.74, 6) is 0.321. The highest BCUT2D eigenvalue weighted by Crippen LogP contribution is 2.09. The van der Waals surface area contributed by atoms with Crippen LogP contribution in [0, 0.1) is 6.92 Å². The molecule has 1 atom stereocenters. The lowest BCUT2D eigenvalue weighted by molar-refractivity contribution is -0.138. The van der Waals surface area contributed by atoms with Crippen LogP contribution in [0.3, 0.4) is 0 Å².